The molecular weight excluding hydrogens is 392 g/mol. The van der Waals surface area contributed by atoms with Crippen molar-refractivity contribution in [1.29, 1.82) is 0 Å². The largest absolute Gasteiger partial charge is 0.309 e. The number of hydrogen-bond acceptors (Lipinski definition) is 7. The highest BCUT2D eigenvalue weighted by molar-refractivity contribution is 7.98. The Kier molecular flexibility index (Phi) is 5.03. The maximum atomic E-state index is 12.9. The van der Waals surface area contributed by atoms with Crippen LogP contribution in [0.2, 0.25) is 0 Å². The van der Waals surface area contributed by atoms with Crippen LogP contribution < -0.4 is 5.56 Å². The molecule has 0 fully saturated rings. The topological polar surface area (TPSA) is 89.3 Å². The molecule has 144 valence electrons. The normalized spacial score (nSPS) is 11.6. The molecule has 3 heterocycles. The number of thioether (sulfide) groups is 1. The molecule has 28 heavy (non-hydrogen) atoms. The number of nitrogens with one attached hydrogen (secondary N) is 1. The van der Waals surface area contributed by atoms with E-state index in [0.717, 1.165) is 20.8 Å². The van der Waals surface area contributed by atoms with E-state index < -0.39 is 0 Å². The fraction of sp³-hybridized carbons (Fsp3) is 0.316. The molecule has 0 aliphatic heterocycles. The third-order valence-electron chi connectivity index (χ3n) is 4.42. The summed E-state index contributed by atoms with van der Waals surface area (Å²) in [5.41, 5.74) is 3.09. The van der Waals surface area contributed by atoms with Crippen molar-refractivity contribution in [2.45, 2.75) is 44.6 Å². The van der Waals surface area contributed by atoms with Crippen molar-refractivity contribution in [2.24, 2.45) is 0 Å². The molecular formula is C19H20N6OS2. The second-order valence-corrected chi connectivity index (χ2v) is 9.03. The molecule has 0 unspecified atom stereocenters. The predicted octanol–water partition coefficient (Wildman–Crippen LogP) is 4.13. The van der Waals surface area contributed by atoms with Crippen molar-refractivity contribution in [2.75, 3.05) is 0 Å². The van der Waals surface area contributed by atoms with Crippen LogP contribution >= 0.6 is 23.1 Å². The lowest BCUT2D eigenvalue weighted by Crippen LogP contribution is -2.11. The highest BCUT2D eigenvalue weighted by atomic mass is 32.2. The molecule has 7 nitrogen and oxygen atoms in total. The van der Waals surface area contributed by atoms with Crippen LogP contribution in [-0.4, -0.2) is 30.2 Å². The van der Waals surface area contributed by atoms with Gasteiger partial charge >= 0.3 is 0 Å². The molecule has 0 amide bonds. The smallest absolute Gasteiger partial charge is 0.260 e. The van der Waals surface area contributed by atoms with Crippen molar-refractivity contribution < 1.29 is 0 Å². The SMILES string of the molecule is Cc1ccc(-c2c(C)sc3nc(CSc4nnnn4C(C)C)[nH]c(=O)c23)cc1. The van der Waals surface area contributed by atoms with Gasteiger partial charge in [0, 0.05) is 10.4 Å². The number of aryl methyl sites for hydroxylation is 2. The van der Waals surface area contributed by atoms with Crippen LogP contribution in [0, 0.1) is 13.8 Å². The van der Waals surface area contributed by atoms with Gasteiger partial charge in [-0.05, 0) is 43.7 Å². The Balaban J connectivity index is 1.69. The lowest BCUT2D eigenvalue weighted by molar-refractivity contribution is 0.477. The van der Waals surface area contributed by atoms with E-state index in [0.29, 0.717) is 22.1 Å². The second-order valence-electron chi connectivity index (χ2n) is 6.88. The van der Waals surface area contributed by atoms with Crippen molar-refractivity contribution >= 4 is 33.3 Å². The molecule has 0 radical (unpaired) electrons. The van der Waals surface area contributed by atoms with Crippen molar-refractivity contribution in [3.63, 3.8) is 0 Å². The van der Waals surface area contributed by atoms with E-state index in [2.05, 4.69) is 51.7 Å². The summed E-state index contributed by atoms with van der Waals surface area (Å²) in [6.45, 7) is 8.13. The maximum Gasteiger partial charge on any atom is 0.260 e. The number of tetrazole rings is 1. The quantitative estimate of drug-likeness (QED) is 0.496. The van der Waals surface area contributed by atoms with Crippen LogP contribution in [0.25, 0.3) is 21.3 Å². The van der Waals surface area contributed by atoms with Crippen LogP contribution in [0.4, 0.5) is 0 Å². The zero-order valence-corrected chi connectivity index (χ0v) is 17.7. The number of H-pyrrole nitrogens is 1. The zero-order chi connectivity index (χ0) is 19.8. The number of thiophene rings is 1. The molecule has 0 spiro atoms. The third kappa shape index (κ3) is 3.47. The molecule has 0 saturated heterocycles. The van der Waals surface area contributed by atoms with Crippen LogP contribution in [0.15, 0.2) is 34.2 Å². The summed E-state index contributed by atoms with van der Waals surface area (Å²) in [7, 11) is 0. The Labute approximate surface area is 170 Å². The van der Waals surface area contributed by atoms with Gasteiger partial charge in [0.1, 0.15) is 10.7 Å². The van der Waals surface area contributed by atoms with Crippen LogP contribution in [0.3, 0.4) is 0 Å². The summed E-state index contributed by atoms with van der Waals surface area (Å²) < 4.78 is 1.76. The molecule has 3 aromatic heterocycles. The molecule has 1 N–H and O–H groups in total. The molecule has 9 heteroatoms. The summed E-state index contributed by atoms with van der Waals surface area (Å²) in [5.74, 6) is 1.12. The molecule has 0 aliphatic rings. The summed E-state index contributed by atoms with van der Waals surface area (Å²) in [4.78, 5) is 22.4. The average Bonchev–Trinajstić information content (AvgIpc) is 3.25. The Bertz CT molecular complexity index is 1190. The van der Waals surface area contributed by atoms with Crippen molar-refractivity contribution in [3.05, 3.63) is 50.9 Å². The van der Waals surface area contributed by atoms with Crippen molar-refractivity contribution in [1.82, 2.24) is 30.2 Å². The van der Waals surface area contributed by atoms with E-state index in [-0.39, 0.29) is 11.6 Å². The minimum atomic E-state index is -0.107. The number of aromatic amines is 1. The van der Waals surface area contributed by atoms with Gasteiger partial charge in [-0.2, -0.15) is 0 Å². The van der Waals surface area contributed by atoms with Gasteiger partial charge in [0.15, 0.2) is 0 Å². The molecule has 0 atom stereocenters. The third-order valence-corrected chi connectivity index (χ3v) is 6.36. The first-order valence-corrected chi connectivity index (χ1v) is 10.7. The summed E-state index contributed by atoms with van der Waals surface area (Å²) in [6, 6.07) is 8.40. The van der Waals surface area contributed by atoms with Gasteiger partial charge in [0.2, 0.25) is 5.16 Å². The average molecular weight is 413 g/mol. The Morgan fingerprint density at radius 2 is 1.96 bits per heavy atom. The van der Waals surface area contributed by atoms with E-state index in [4.69, 9.17) is 4.98 Å². The van der Waals surface area contributed by atoms with Gasteiger partial charge in [-0.25, -0.2) is 9.67 Å². The highest BCUT2D eigenvalue weighted by Crippen LogP contribution is 2.35. The number of aromatic nitrogens is 6. The molecule has 4 rings (SSSR count). The Morgan fingerprint density at radius 3 is 2.68 bits per heavy atom. The van der Waals surface area contributed by atoms with Crippen LogP contribution in [-0.2, 0) is 5.75 Å². The first-order chi connectivity index (χ1) is 13.4. The fourth-order valence-electron chi connectivity index (χ4n) is 3.04. The molecule has 4 aromatic rings. The van der Waals surface area contributed by atoms with E-state index in [9.17, 15) is 4.79 Å². The Morgan fingerprint density at radius 1 is 1.21 bits per heavy atom. The molecule has 0 aliphatic carbocycles. The number of benzene rings is 1. The maximum absolute atomic E-state index is 12.9. The summed E-state index contributed by atoms with van der Waals surface area (Å²) >= 11 is 3.01. The van der Waals surface area contributed by atoms with E-state index in [1.54, 1.807) is 16.0 Å². The number of fused-ring (bicyclic) bond motifs is 1. The van der Waals surface area contributed by atoms with Gasteiger partial charge in [0.05, 0.1) is 17.2 Å². The second kappa shape index (κ2) is 7.48. The van der Waals surface area contributed by atoms with Gasteiger partial charge in [-0.15, -0.1) is 16.4 Å². The number of nitrogens with zero attached hydrogens (tertiary/aromatic N) is 5. The van der Waals surface area contributed by atoms with Crippen LogP contribution in [0.1, 0.15) is 36.2 Å². The standard InChI is InChI=1S/C19H20N6OS2/c1-10(2)25-19(22-23-24-25)27-9-14-20-17(26)16-15(12(4)28-18(16)21-14)13-7-5-11(3)6-8-13/h5-8,10H,9H2,1-4H3,(H,20,21,26). The molecule has 0 bridgehead atoms. The number of rotatable bonds is 5. The van der Waals surface area contributed by atoms with E-state index in [1.165, 1.54) is 17.3 Å². The minimum Gasteiger partial charge on any atom is -0.309 e. The fourth-order valence-corrected chi connectivity index (χ4v) is 4.98. The van der Waals surface area contributed by atoms with Gasteiger partial charge in [-0.1, -0.05) is 41.6 Å². The lowest BCUT2D eigenvalue weighted by atomic mass is 10.0. The number of hydrogen-bond donors (Lipinski definition) is 1. The zero-order valence-electron chi connectivity index (χ0n) is 16.1. The Hall–Kier alpha value is -2.52. The highest BCUT2D eigenvalue weighted by Gasteiger charge is 2.17. The first kappa shape index (κ1) is 18.8. The van der Waals surface area contributed by atoms with E-state index >= 15 is 0 Å². The predicted molar refractivity (Wildman–Crippen MR) is 113 cm³/mol. The summed E-state index contributed by atoms with van der Waals surface area (Å²) in [5, 5.41) is 13.1. The van der Waals surface area contributed by atoms with Crippen molar-refractivity contribution in [3.8, 4) is 11.1 Å². The van der Waals surface area contributed by atoms with Gasteiger partial charge in [0.25, 0.3) is 5.56 Å². The lowest BCUT2D eigenvalue weighted by Gasteiger charge is -2.07. The molecule has 0 saturated carbocycles. The first-order valence-electron chi connectivity index (χ1n) is 8.94. The summed E-state index contributed by atoms with van der Waals surface area (Å²) in [6.07, 6.45) is 0. The van der Waals surface area contributed by atoms with Gasteiger partial charge in [-0.3, -0.25) is 4.79 Å². The van der Waals surface area contributed by atoms with E-state index in [1.807, 2.05) is 20.8 Å². The molecule has 1 aromatic carbocycles. The van der Waals surface area contributed by atoms with Gasteiger partial charge < -0.3 is 4.98 Å². The van der Waals surface area contributed by atoms with Crippen LogP contribution in [0.5, 0.6) is 0 Å². The minimum absolute atomic E-state index is 0.107. The monoisotopic (exact) mass is 412 g/mol.